The predicted molar refractivity (Wildman–Crippen MR) is 129 cm³/mol. The van der Waals surface area contributed by atoms with E-state index in [-0.39, 0.29) is 38.6 Å². The van der Waals surface area contributed by atoms with Crippen molar-refractivity contribution in [2.45, 2.75) is 118 Å². The number of hydrogen-bond acceptors (Lipinski definition) is 3. The standard InChI is InChI=1S/C30H46O3/c1-18-8-14-29-17-16-28(7)27(6)13-9-20-25(3,4)22(31)11-12-26(20,5)21(27)10-15-30(28,33-24(29)32)23(29)19(18)2/h18-21,23H,8-17H2,1-7H3/t18-,19+,20?,21?,23?,26+,27-,28+,29+,30+/m1/s1. The first-order valence-corrected chi connectivity index (χ1v) is 14.1. The zero-order valence-corrected chi connectivity index (χ0v) is 22.2. The molecule has 0 N–H and O–H groups in total. The van der Waals surface area contributed by atoms with Gasteiger partial charge in [-0.2, -0.15) is 0 Å². The van der Waals surface area contributed by atoms with Gasteiger partial charge in [-0.3, -0.25) is 9.59 Å². The van der Waals surface area contributed by atoms with Crippen LogP contribution in [-0.4, -0.2) is 17.4 Å². The van der Waals surface area contributed by atoms with E-state index in [0.717, 1.165) is 51.4 Å². The summed E-state index contributed by atoms with van der Waals surface area (Å²) in [6.07, 6.45) is 10.7. The third-order valence-electron chi connectivity index (χ3n) is 14.1. The van der Waals surface area contributed by atoms with E-state index in [1.54, 1.807) is 0 Å². The fraction of sp³-hybridized carbons (Fsp3) is 0.933. The lowest BCUT2D eigenvalue weighted by Gasteiger charge is -2.73. The molecule has 1 saturated heterocycles. The number of carbonyl (C=O) groups is 2. The Balaban J connectivity index is 1.47. The second kappa shape index (κ2) is 6.28. The summed E-state index contributed by atoms with van der Waals surface area (Å²) in [6, 6.07) is 0. The summed E-state index contributed by atoms with van der Waals surface area (Å²) in [5.41, 5.74) is -0.324. The molecule has 6 rings (SSSR count). The Morgan fingerprint density at radius 2 is 1.48 bits per heavy atom. The van der Waals surface area contributed by atoms with Gasteiger partial charge in [0.15, 0.2) is 0 Å². The Labute approximate surface area is 201 Å². The molecule has 6 aliphatic rings. The van der Waals surface area contributed by atoms with Gasteiger partial charge in [-0.25, -0.2) is 0 Å². The van der Waals surface area contributed by atoms with E-state index in [2.05, 4.69) is 48.5 Å². The van der Waals surface area contributed by atoms with Crippen molar-refractivity contribution in [2.75, 3.05) is 0 Å². The summed E-state index contributed by atoms with van der Waals surface area (Å²) in [6.45, 7) is 16.9. The predicted octanol–water partition coefficient (Wildman–Crippen LogP) is 6.97. The van der Waals surface area contributed by atoms with Crippen LogP contribution in [0.25, 0.3) is 0 Å². The van der Waals surface area contributed by atoms with Crippen LogP contribution in [0.15, 0.2) is 0 Å². The molecule has 6 fully saturated rings. The SMILES string of the molecule is C[C@@H]1CC[C@@]23CC[C@]4(C)[C@@](CCC5[C@@]6(C)CCC(=O)C(C)(C)C6CC[C@]54C)(OC2=O)C3[C@H]1C. The second-order valence-corrected chi connectivity index (χ2v) is 14.9. The number of ether oxygens (including phenoxy) is 1. The van der Waals surface area contributed by atoms with E-state index in [9.17, 15) is 9.59 Å². The highest BCUT2D eigenvalue weighted by atomic mass is 16.6. The fourth-order valence-corrected chi connectivity index (χ4v) is 12.0. The van der Waals surface area contributed by atoms with E-state index in [4.69, 9.17) is 4.74 Å². The van der Waals surface area contributed by atoms with Crippen LogP contribution in [0.2, 0.25) is 0 Å². The van der Waals surface area contributed by atoms with Gasteiger partial charge in [0.05, 0.1) is 5.41 Å². The van der Waals surface area contributed by atoms with Crippen LogP contribution in [0.4, 0.5) is 0 Å². The van der Waals surface area contributed by atoms with Crippen molar-refractivity contribution in [3.63, 3.8) is 0 Å². The molecule has 0 radical (unpaired) electrons. The molecule has 184 valence electrons. The number of hydrogen-bond donors (Lipinski definition) is 0. The zero-order valence-electron chi connectivity index (χ0n) is 22.2. The second-order valence-electron chi connectivity index (χ2n) is 14.9. The van der Waals surface area contributed by atoms with Gasteiger partial charge in [-0.05, 0) is 92.3 Å². The van der Waals surface area contributed by atoms with Crippen LogP contribution >= 0.6 is 0 Å². The molecular formula is C30H46O3. The number of ketones is 1. The molecule has 5 saturated carbocycles. The van der Waals surface area contributed by atoms with Gasteiger partial charge < -0.3 is 4.74 Å². The van der Waals surface area contributed by atoms with Gasteiger partial charge in [-0.15, -0.1) is 0 Å². The Kier molecular flexibility index (Phi) is 4.30. The van der Waals surface area contributed by atoms with Crippen LogP contribution < -0.4 is 0 Å². The molecule has 0 amide bonds. The summed E-state index contributed by atoms with van der Waals surface area (Å²) >= 11 is 0. The lowest BCUT2D eigenvalue weighted by Crippen LogP contribution is -2.72. The fourth-order valence-electron chi connectivity index (χ4n) is 12.0. The van der Waals surface area contributed by atoms with Gasteiger partial charge in [0.1, 0.15) is 11.4 Å². The monoisotopic (exact) mass is 454 g/mol. The normalized spacial score (nSPS) is 59.1. The number of rotatable bonds is 0. The molecule has 33 heavy (non-hydrogen) atoms. The highest BCUT2D eigenvalue weighted by Gasteiger charge is 2.81. The molecular weight excluding hydrogens is 408 g/mol. The Morgan fingerprint density at radius 3 is 2.21 bits per heavy atom. The highest BCUT2D eigenvalue weighted by molar-refractivity contribution is 5.85. The molecule has 3 unspecified atom stereocenters. The lowest BCUT2D eigenvalue weighted by molar-refractivity contribution is -0.282. The number of fused-ring (bicyclic) bond motifs is 4. The van der Waals surface area contributed by atoms with Crippen LogP contribution in [0.3, 0.4) is 0 Å². The molecule has 0 aromatic carbocycles. The smallest absolute Gasteiger partial charge is 0.313 e. The third-order valence-corrected chi connectivity index (χ3v) is 14.1. The molecule has 2 bridgehead atoms. The molecule has 3 heteroatoms. The molecule has 1 aliphatic heterocycles. The van der Waals surface area contributed by atoms with Crippen molar-refractivity contribution in [1.82, 2.24) is 0 Å². The van der Waals surface area contributed by atoms with Gasteiger partial charge in [0.25, 0.3) is 0 Å². The highest BCUT2D eigenvalue weighted by Crippen LogP contribution is 2.80. The molecule has 5 aliphatic carbocycles. The average molecular weight is 455 g/mol. The number of Topliss-reactive ketones (excluding diaryl/α,β-unsaturated/α-hetero) is 1. The molecule has 1 heterocycles. The maximum atomic E-state index is 13.7. The first-order valence-electron chi connectivity index (χ1n) is 14.1. The first kappa shape index (κ1) is 22.6. The van der Waals surface area contributed by atoms with Crippen LogP contribution in [-0.2, 0) is 14.3 Å². The van der Waals surface area contributed by atoms with Gasteiger partial charge in [0, 0.05) is 23.2 Å². The van der Waals surface area contributed by atoms with Crippen LogP contribution in [0, 0.1) is 56.7 Å². The zero-order chi connectivity index (χ0) is 23.8. The summed E-state index contributed by atoms with van der Waals surface area (Å²) in [7, 11) is 0. The molecule has 1 spiro atoms. The minimum absolute atomic E-state index is 0.0220. The third kappa shape index (κ3) is 2.22. The minimum Gasteiger partial charge on any atom is -0.458 e. The van der Waals surface area contributed by atoms with E-state index < -0.39 is 0 Å². The lowest BCUT2D eigenvalue weighted by atomic mass is 9.30. The number of carbonyl (C=O) groups excluding carboxylic acids is 2. The summed E-state index contributed by atoms with van der Waals surface area (Å²) in [5, 5.41) is 0. The Hall–Kier alpha value is -0.860. The summed E-state index contributed by atoms with van der Waals surface area (Å²) in [5.74, 6) is 3.31. The topological polar surface area (TPSA) is 43.4 Å². The summed E-state index contributed by atoms with van der Waals surface area (Å²) in [4.78, 5) is 26.6. The van der Waals surface area contributed by atoms with Crippen molar-refractivity contribution in [3.05, 3.63) is 0 Å². The van der Waals surface area contributed by atoms with Crippen molar-refractivity contribution in [2.24, 2.45) is 56.7 Å². The van der Waals surface area contributed by atoms with Crippen molar-refractivity contribution < 1.29 is 14.3 Å². The summed E-state index contributed by atoms with van der Waals surface area (Å²) < 4.78 is 6.78. The van der Waals surface area contributed by atoms with E-state index in [1.165, 1.54) is 12.8 Å². The molecule has 0 aromatic rings. The van der Waals surface area contributed by atoms with Gasteiger partial charge in [0.2, 0.25) is 0 Å². The average Bonchev–Trinajstić information content (AvgIpc) is 2.95. The van der Waals surface area contributed by atoms with Crippen molar-refractivity contribution in [3.8, 4) is 0 Å². The van der Waals surface area contributed by atoms with Gasteiger partial charge in [-0.1, -0.05) is 48.5 Å². The largest absolute Gasteiger partial charge is 0.458 e. The maximum absolute atomic E-state index is 13.7. The first-order chi connectivity index (χ1) is 15.3. The molecule has 10 atom stereocenters. The minimum atomic E-state index is -0.287. The van der Waals surface area contributed by atoms with Crippen molar-refractivity contribution >= 4 is 11.8 Å². The maximum Gasteiger partial charge on any atom is 0.313 e. The van der Waals surface area contributed by atoms with Crippen LogP contribution in [0.1, 0.15) is 113 Å². The van der Waals surface area contributed by atoms with E-state index >= 15 is 0 Å². The van der Waals surface area contributed by atoms with E-state index in [0.29, 0.717) is 35.4 Å². The number of esters is 1. The van der Waals surface area contributed by atoms with Crippen molar-refractivity contribution in [1.29, 1.82) is 0 Å². The quantitative estimate of drug-likeness (QED) is 0.371. The van der Waals surface area contributed by atoms with E-state index in [1.807, 2.05) is 0 Å². The van der Waals surface area contributed by atoms with Crippen LogP contribution in [0.5, 0.6) is 0 Å². The molecule has 0 aromatic heterocycles. The Bertz CT molecular complexity index is 922. The Morgan fingerprint density at radius 1 is 0.788 bits per heavy atom. The van der Waals surface area contributed by atoms with Gasteiger partial charge >= 0.3 is 5.97 Å². The molecule has 3 nitrogen and oxygen atoms in total.